The molecular formula is C16H29NO2. The largest absolute Gasteiger partial charge is 0.363 e. The lowest BCUT2D eigenvalue weighted by atomic mass is 9.54. The highest BCUT2D eigenvalue weighted by molar-refractivity contribution is 5.92. The molecule has 5 atom stereocenters. The third-order valence-corrected chi connectivity index (χ3v) is 5.74. The topological polar surface area (TPSA) is 52.3 Å². The van der Waals surface area contributed by atoms with Crippen molar-refractivity contribution in [3.05, 3.63) is 0 Å². The van der Waals surface area contributed by atoms with Crippen LogP contribution in [0.15, 0.2) is 0 Å². The number of nitrogens with two attached hydrogens (primary N) is 1. The van der Waals surface area contributed by atoms with Crippen LogP contribution in [0.1, 0.15) is 59.8 Å². The Balaban J connectivity index is 0.000000637. The Morgan fingerprint density at radius 2 is 1.95 bits per heavy atom. The zero-order valence-electron chi connectivity index (χ0n) is 12.9. The number of carbonyl (C=O) groups is 1. The SMILES string of the molecule is CC.CC1OC23CC1CC[C@]2(C)CCC(CN)C3=O. The molecule has 2 bridgehead atoms. The van der Waals surface area contributed by atoms with Crippen molar-refractivity contribution in [1.82, 2.24) is 0 Å². The fourth-order valence-corrected chi connectivity index (χ4v) is 4.39. The third kappa shape index (κ3) is 1.97. The fourth-order valence-electron chi connectivity index (χ4n) is 4.39. The minimum absolute atomic E-state index is 0.0344. The van der Waals surface area contributed by atoms with E-state index in [4.69, 9.17) is 10.5 Å². The average Bonchev–Trinajstić information content (AvgIpc) is 2.71. The quantitative estimate of drug-likeness (QED) is 0.794. The standard InChI is InChI=1S/C14H23NO2.C2H6/c1-9-10-3-5-13(2)6-4-11(8-15)12(16)14(13,7-10)17-9;1-2/h9-11H,3-8,15H2,1-2H3;1-2H3/t9?,10?,11?,13-,14?;/m1./s1. The first-order valence-corrected chi connectivity index (χ1v) is 7.95. The molecule has 0 aromatic carbocycles. The van der Waals surface area contributed by atoms with Gasteiger partial charge in [0.15, 0.2) is 5.78 Å². The molecule has 1 spiro atoms. The number of Topliss-reactive ketones (excluding diaryl/α,β-unsaturated/α-hetero) is 1. The van der Waals surface area contributed by atoms with Crippen molar-refractivity contribution in [3.8, 4) is 0 Å². The van der Waals surface area contributed by atoms with Gasteiger partial charge in [-0.1, -0.05) is 20.8 Å². The highest BCUT2D eigenvalue weighted by atomic mass is 16.5. The van der Waals surface area contributed by atoms with E-state index < -0.39 is 5.60 Å². The summed E-state index contributed by atoms with van der Waals surface area (Å²) in [5.41, 5.74) is 5.32. The number of ketones is 1. The first-order chi connectivity index (χ1) is 9.02. The van der Waals surface area contributed by atoms with Gasteiger partial charge in [-0.15, -0.1) is 0 Å². The van der Waals surface area contributed by atoms with Gasteiger partial charge in [-0.3, -0.25) is 4.79 Å². The van der Waals surface area contributed by atoms with E-state index in [0.717, 1.165) is 25.7 Å². The molecule has 3 fully saturated rings. The highest BCUT2D eigenvalue weighted by Crippen LogP contribution is 2.60. The number of hydrogen-bond acceptors (Lipinski definition) is 3. The van der Waals surface area contributed by atoms with Crippen molar-refractivity contribution in [2.45, 2.75) is 71.5 Å². The Bertz CT molecular complexity index is 353. The van der Waals surface area contributed by atoms with E-state index in [1.54, 1.807) is 0 Å². The molecule has 0 aromatic heterocycles. The Morgan fingerprint density at radius 3 is 2.58 bits per heavy atom. The molecule has 19 heavy (non-hydrogen) atoms. The molecule has 0 aromatic rings. The van der Waals surface area contributed by atoms with Crippen LogP contribution < -0.4 is 5.73 Å². The van der Waals surface area contributed by atoms with Gasteiger partial charge in [-0.05, 0) is 44.9 Å². The van der Waals surface area contributed by atoms with Gasteiger partial charge in [0.1, 0.15) is 5.60 Å². The molecule has 3 aliphatic rings. The monoisotopic (exact) mass is 267 g/mol. The number of carbonyl (C=O) groups excluding carboxylic acids is 1. The lowest BCUT2D eigenvalue weighted by molar-refractivity contribution is -0.176. The summed E-state index contributed by atoms with van der Waals surface area (Å²) in [4.78, 5) is 12.7. The van der Waals surface area contributed by atoms with E-state index in [9.17, 15) is 4.79 Å². The van der Waals surface area contributed by atoms with E-state index in [2.05, 4.69) is 13.8 Å². The molecule has 2 saturated carbocycles. The molecule has 2 N–H and O–H groups in total. The highest BCUT2D eigenvalue weighted by Gasteiger charge is 2.65. The number of hydrogen-bond donors (Lipinski definition) is 1. The van der Waals surface area contributed by atoms with Gasteiger partial charge in [-0.2, -0.15) is 0 Å². The zero-order chi connectivity index (χ0) is 14.3. The summed E-state index contributed by atoms with van der Waals surface area (Å²) in [7, 11) is 0. The predicted octanol–water partition coefficient (Wildman–Crippen LogP) is 2.91. The van der Waals surface area contributed by atoms with E-state index in [-0.39, 0.29) is 17.4 Å². The second-order valence-corrected chi connectivity index (χ2v) is 6.55. The Hall–Kier alpha value is -0.410. The van der Waals surface area contributed by atoms with E-state index in [1.807, 2.05) is 13.8 Å². The summed E-state index contributed by atoms with van der Waals surface area (Å²) in [6.45, 7) is 8.87. The molecule has 3 rings (SSSR count). The summed E-state index contributed by atoms with van der Waals surface area (Å²) in [6.07, 6.45) is 5.61. The fraction of sp³-hybridized carbons (Fsp3) is 0.938. The van der Waals surface area contributed by atoms with Crippen LogP contribution in [0.3, 0.4) is 0 Å². The molecule has 110 valence electrons. The predicted molar refractivity (Wildman–Crippen MR) is 76.9 cm³/mol. The Morgan fingerprint density at radius 1 is 1.32 bits per heavy atom. The summed E-state index contributed by atoms with van der Waals surface area (Å²) in [6, 6.07) is 0. The van der Waals surface area contributed by atoms with Gasteiger partial charge in [0, 0.05) is 17.9 Å². The zero-order valence-corrected chi connectivity index (χ0v) is 12.9. The van der Waals surface area contributed by atoms with Crippen LogP contribution in [0.25, 0.3) is 0 Å². The first-order valence-electron chi connectivity index (χ1n) is 7.95. The first kappa shape index (κ1) is 15.0. The maximum atomic E-state index is 12.7. The van der Waals surface area contributed by atoms with Crippen molar-refractivity contribution in [2.75, 3.05) is 6.54 Å². The van der Waals surface area contributed by atoms with Crippen molar-refractivity contribution >= 4 is 5.78 Å². The smallest absolute Gasteiger partial charge is 0.169 e. The van der Waals surface area contributed by atoms with Crippen molar-refractivity contribution in [2.24, 2.45) is 23.0 Å². The van der Waals surface area contributed by atoms with E-state index >= 15 is 0 Å². The second kappa shape index (κ2) is 5.17. The molecule has 0 amide bonds. The molecule has 1 saturated heterocycles. The lowest BCUT2D eigenvalue weighted by Gasteiger charge is -2.52. The minimum atomic E-state index is -0.488. The maximum absolute atomic E-state index is 12.7. The third-order valence-electron chi connectivity index (χ3n) is 5.74. The molecule has 4 unspecified atom stereocenters. The van der Waals surface area contributed by atoms with Crippen LogP contribution >= 0.6 is 0 Å². The average molecular weight is 267 g/mol. The second-order valence-electron chi connectivity index (χ2n) is 6.55. The summed E-state index contributed by atoms with van der Waals surface area (Å²) in [5, 5.41) is 0. The molecular weight excluding hydrogens is 238 g/mol. The van der Waals surface area contributed by atoms with Crippen LogP contribution in [-0.2, 0) is 9.53 Å². The molecule has 3 heteroatoms. The van der Waals surface area contributed by atoms with Crippen LogP contribution in [0.4, 0.5) is 0 Å². The number of rotatable bonds is 1. The van der Waals surface area contributed by atoms with Crippen LogP contribution in [0.2, 0.25) is 0 Å². The number of ether oxygens (including phenoxy) is 1. The molecule has 3 nitrogen and oxygen atoms in total. The van der Waals surface area contributed by atoms with Gasteiger partial charge < -0.3 is 10.5 Å². The van der Waals surface area contributed by atoms with E-state index in [0.29, 0.717) is 18.2 Å². The number of fused-ring (bicyclic) bond motifs is 1. The Labute approximate surface area is 117 Å². The van der Waals surface area contributed by atoms with Crippen molar-refractivity contribution in [1.29, 1.82) is 0 Å². The van der Waals surface area contributed by atoms with Crippen LogP contribution in [0.5, 0.6) is 0 Å². The Kier molecular flexibility index (Phi) is 4.08. The maximum Gasteiger partial charge on any atom is 0.169 e. The molecule has 0 radical (unpaired) electrons. The van der Waals surface area contributed by atoms with Gasteiger partial charge in [0.25, 0.3) is 0 Å². The molecule has 1 heterocycles. The van der Waals surface area contributed by atoms with Gasteiger partial charge in [0.05, 0.1) is 6.10 Å². The normalized spacial score (nSPS) is 48.3. The van der Waals surface area contributed by atoms with Crippen molar-refractivity contribution in [3.63, 3.8) is 0 Å². The summed E-state index contributed by atoms with van der Waals surface area (Å²) >= 11 is 0. The van der Waals surface area contributed by atoms with E-state index in [1.165, 1.54) is 6.42 Å². The van der Waals surface area contributed by atoms with Crippen LogP contribution in [0, 0.1) is 17.3 Å². The lowest BCUT2D eigenvalue weighted by Crippen LogP contribution is -2.60. The summed E-state index contributed by atoms with van der Waals surface area (Å²) < 4.78 is 6.22. The van der Waals surface area contributed by atoms with Gasteiger partial charge in [0.2, 0.25) is 0 Å². The molecule has 1 aliphatic heterocycles. The van der Waals surface area contributed by atoms with Crippen molar-refractivity contribution < 1.29 is 9.53 Å². The van der Waals surface area contributed by atoms with Crippen LogP contribution in [-0.4, -0.2) is 24.0 Å². The van der Waals surface area contributed by atoms with Gasteiger partial charge in [-0.25, -0.2) is 0 Å². The minimum Gasteiger partial charge on any atom is -0.363 e. The molecule has 2 aliphatic carbocycles. The summed E-state index contributed by atoms with van der Waals surface area (Å²) in [5.74, 6) is 0.929. The van der Waals surface area contributed by atoms with Gasteiger partial charge >= 0.3 is 0 Å².